The van der Waals surface area contributed by atoms with E-state index in [1.165, 1.54) is 150 Å². The van der Waals surface area contributed by atoms with Gasteiger partial charge in [-0.05, 0) is 74.0 Å². The predicted octanol–water partition coefficient (Wildman–Crippen LogP) is 12.0. The van der Waals surface area contributed by atoms with Gasteiger partial charge in [0, 0.05) is 35.6 Å². The summed E-state index contributed by atoms with van der Waals surface area (Å²) in [5.41, 5.74) is 10.4. The monoisotopic (exact) mass is 564 g/mol. The third-order valence-electron chi connectivity index (χ3n) is 9.74. The van der Waals surface area contributed by atoms with Crippen molar-refractivity contribution in [2.45, 2.75) is 128 Å². The van der Waals surface area contributed by atoms with Crippen LogP contribution in [0.4, 0.5) is 11.4 Å². The minimum absolute atomic E-state index is 0.650. The summed E-state index contributed by atoms with van der Waals surface area (Å²) in [6.07, 6.45) is 30.2. The van der Waals surface area contributed by atoms with Crippen LogP contribution in [0.5, 0.6) is 0 Å². The van der Waals surface area contributed by atoms with Crippen LogP contribution in [0.25, 0.3) is 17.2 Å². The molecular weight excluding hydrogens is 508 g/mol. The zero-order valence-corrected chi connectivity index (χ0v) is 26.3. The maximum Gasteiger partial charge on any atom is 0.0462 e. The number of rotatable bonds is 2. The second-order valence-electron chi connectivity index (χ2n) is 12.9. The van der Waals surface area contributed by atoms with Crippen molar-refractivity contribution < 1.29 is 0 Å². The van der Waals surface area contributed by atoms with E-state index < -0.39 is 0 Å². The highest BCUT2D eigenvalue weighted by Crippen LogP contribution is 2.48. The lowest BCUT2D eigenvalue weighted by molar-refractivity contribution is 0.534. The number of fused-ring (bicyclic) bond motifs is 2. The molecular formula is C40H56N2. The van der Waals surface area contributed by atoms with Crippen molar-refractivity contribution in [3.05, 3.63) is 77.4 Å². The largest absolute Gasteiger partial charge is 0.384 e. The minimum atomic E-state index is 0.650. The van der Waals surface area contributed by atoms with E-state index in [2.05, 4.69) is 77.4 Å². The van der Waals surface area contributed by atoms with Crippen LogP contribution in [0.2, 0.25) is 0 Å². The summed E-state index contributed by atoms with van der Waals surface area (Å²) in [5, 5.41) is 8.27. The average molecular weight is 565 g/mol. The van der Waals surface area contributed by atoms with Crippen molar-refractivity contribution in [2.24, 2.45) is 0 Å². The number of hydrogen-bond donors (Lipinski definition) is 2. The lowest BCUT2D eigenvalue weighted by atomic mass is 9.78. The Labute approximate surface area is 257 Å². The highest BCUT2D eigenvalue weighted by atomic mass is 14.9. The first-order valence-electron chi connectivity index (χ1n) is 17.7. The maximum absolute atomic E-state index is 4.13. The van der Waals surface area contributed by atoms with Gasteiger partial charge in [0.2, 0.25) is 0 Å². The molecule has 2 N–H and O–H groups in total. The van der Waals surface area contributed by atoms with Gasteiger partial charge in [-0.25, -0.2) is 0 Å². The molecule has 0 unspecified atom stereocenters. The van der Waals surface area contributed by atoms with Crippen molar-refractivity contribution in [1.82, 2.24) is 0 Å². The van der Waals surface area contributed by atoms with E-state index in [4.69, 9.17) is 0 Å². The molecule has 2 aromatic rings. The van der Waals surface area contributed by atoms with Crippen molar-refractivity contribution in [2.75, 3.05) is 23.7 Å². The fraction of sp³-hybridized carbons (Fsp3) is 0.550. The molecule has 0 aromatic heterocycles. The lowest BCUT2D eigenvalue weighted by Gasteiger charge is -2.31. The molecule has 1 aliphatic carbocycles. The Morgan fingerprint density at radius 1 is 0.524 bits per heavy atom. The van der Waals surface area contributed by atoms with Crippen molar-refractivity contribution in [3.63, 3.8) is 0 Å². The van der Waals surface area contributed by atoms with Crippen molar-refractivity contribution in [1.29, 1.82) is 0 Å². The Hall–Kier alpha value is -2.74. The van der Waals surface area contributed by atoms with Crippen LogP contribution in [0.15, 0.2) is 60.7 Å². The number of anilines is 2. The highest BCUT2D eigenvalue weighted by Gasteiger charge is 2.28. The molecule has 2 heterocycles. The van der Waals surface area contributed by atoms with Gasteiger partial charge in [-0.3, -0.25) is 0 Å². The third kappa shape index (κ3) is 8.65. The fourth-order valence-corrected chi connectivity index (χ4v) is 7.51. The fourth-order valence-electron chi connectivity index (χ4n) is 7.51. The van der Waals surface area contributed by atoms with Gasteiger partial charge in [0.05, 0.1) is 0 Å². The quantitative estimate of drug-likeness (QED) is 0.379. The van der Waals surface area contributed by atoms with E-state index in [0.29, 0.717) is 5.92 Å². The van der Waals surface area contributed by atoms with Gasteiger partial charge in [0.15, 0.2) is 0 Å². The zero-order chi connectivity index (χ0) is 28.7. The molecule has 2 aliphatic heterocycles. The standard InChI is InChI=1S/C40H56N2/c1-2-9-17-25-33(26-18-10-3-1)38-36-30-22-14-8-16-24-32-42-40(36)37(34-27-19-11-4-5-12-20-28-34)35-29-21-13-6-7-15-23-31-41-39(35)38/h1-3,9-10,17-18,22,25-26,30,34,41-42H,4-8,11-16,19-21,23-24,27-29,31-32H2/b2-1?,3-1?,9-2?,10-3?,17-9?,18-10?,25-17?,26-18?,30-22-,33-25?,33-26?. The third-order valence-corrected chi connectivity index (χ3v) is 9.74. The van der Waals surface area contributed by atoms with Gasteiger partial charge >= 0.3 is 0 Å². The van der Waals surface area contributed by atoms with Crippen LogP contribution in [0, 0.1) is 0 Å². The first-order valence-corrected chi connectivity index (χ1v) is 17.7. The van der Waals surface area contributed by atoms with Gasteiger partial charge in [0.1, 0.15) is 0 Å². The lowest BCUT2D eigenvalue weighted by Crippen LogP contribution is -2.17. The molecule has 2 aromatic carbocycles. The molecule has 226 valence electrons. The Morgan fingerprint density at radius 3 is 1.76 bits per heavy atom. The van der Waals surface area contributed by atoms with Gasteiger partial charge in [-0.2, -0.15) is 0 Å². The van der Waals surface area contributed by atoms with Crippen LogP contribution >= 0.6 is 0 Å². The number of nitrogens with one attached hydrogen (secondary N) is 2. The molecule has 3 aliphatic rings. The summed E-state index contributed by atoms with van der Waals surface area (Å²) in [6, 6.07) is 19.8. The zero-order valence-electron chi connectivity index (χ0n) is 26.3. The van der Waals surface area contributed by atoms with Crippen LogP contribution in [-0.4, -0.2) is 13.1 Å². The van der Waals surface area contributed by atoms with E-state index in [-0.39, 0.29) is 0 Å². The average Bonchev–Trinajstić information content (AvgIpc) is 3.11. The molecule has 5 rings (SSSR count). The van der Waals surface area contributed by atoms with Crippen LogP contribution in [-0.2, 0) is 6.42 Å². The summed E-state index contributed by atoms with van der Waals surface area (Å²) in [7, 11) is 0. The summed E-state index contributed by atoms with van der Waals surface area (Å²) in [5.74, 6) is 0.650. The molecule has 0 saturated heterocycles. The topological polar surface area (TPSA) is 24.1 Å². The minimum Gasteiger partial charge on any atom is -0.384 e. The normalized spacial score (nSPS) is 20.3. The second-order valence-corrected chi connectivity index (χ2v) is 12.9. The summed E-state index contributed by atoms with van der Waals surface area (Å²) >= 11 is 0. The van der Waals surface area contributed by atoms with E-state index in [9.17, 15) is 0 Å². The Balaban J connectivity index is 1.80. The van der Waals surface area contributed by atoms with Crippen LogP contribution in [0.1, 0.15) is 138 Å². The first-order chi connectivity index (χ1) is 20.9. The molecule has 2 nitrogen and oxygen atoms in total. The van der Waals surface area contributed by atoms with Crippen molar-refractivity contribution in [3.8, 4) is 11.1 Å². The number of hydrogen-bond acceptors (Lipinski definition) is 2. The van der Waals surface area contributed by atoms with E-state index in [0.717, 1.165) is 13.1 Å². The molecule has 1 fully saturated rings. The Morgan fingerprint density at radius 2 is 1.07 bits per heavy atom. The smallest absolute Gasteiger partial charge is 0.0462 e. The first kappa shape index (κ1) is 30.7. The highest BCUT2D eigenvalue weighted by molar-refractivity contribution is 5.95. The van der Waals surface area contributed by atoms with E-state index >= 15 is 0 Å². The number of benzene rings is 1. The van der Waals surface area contributed by atoms with Gasteiger partial charge in [-0.15, -0.1) is 0 Å². The van der Waals surface area contributed by atoms with E-state index in [1.807, 2.05) is 0 Å². The van der Waals surface area contributed by atoms with Gasteiger partial charge in [-0.1, -0.05) is 137 Å². The molecule has 0 radical (unpaired) electrons. The molecule has 42 heavy (non-hydrogen) atoms. The molecule has 2 heteroatoms. The van der Waals surface area contributed by atoms with E-state index in [1.54, 1.807) is 11.1 Å². The molecule has 0 spiro atoms. The second kappa shape index (κ2) is 17.4. The Bertz CT molecular complexity index is 1160. The molecule has 0 amide bonds. The van der Waals surface area contributed by atoms with Crippen LogP contribution in [0.3, 0.4) is 0 Å². The van der Waals surface area contributed by atoms with Crippen LogP contribution < -0.4 is 10.6 Å². The van der Waals surface area contributed by atoms with Gasteiger partial charge in [0.25, 0.3) is 0 Å². The molecule has 1 saturated carbocycles. The summed E-state index contributed by atoms with van der Waals surface area (Å²) in [6.45, 7) is 2.14. The Kier molecular flexibility index (Phi) is 12.7. The summed E-state index contributed by atoms with van der Waals surface area (Å²) in [4.78, 5) is 0. The number of allylic oxidation sites excluding steroid dienone is 1. The predicted molar refractivity (Wildman–Crippen MR) is 185 cm³/mol. The summed E-state index contributed by atoms with van der Waals surface area (Å²) < 4.78 is 0. The SMILES string of the molecule is C1=C\c2c(c(C3CCCCCCCC3)c3c(c2-c2ccccccccc2)NCCCCCCCC3)NCCCCC/1. The maximum atomic E-state index is 4.13. The molecule has 0 atom stereocenters. The van der Waals surface area contributed by atoms with Gasteiger partial charge < -0.3 is 10.6 Å². The molecule has 0 bridgehead atoms. The van der Waals surface area contributed by atoms with Crippen molar-refractivity contribution >= 4 is 17.5 Å².